The number of methoxy groups -OCH3 is 1. The highest BCUT2D eigenvalue weighted by atomic mass is 16.5. The topological polar surface area (TPSA) is 46.5 Å². The second kappa shape index (κ2) is 19.0. The van der Waals surface area contributed by atoms with Crippen molar-refractivity contribution in [3.05, 3.63) is 23.3 Å². The van der Waals surface area contributed by atoms with Crippen LogP contribution in [0.15, 0.2) is 12.1 Å². The highest BCUT2D eigenvalue weighted by Crippen LogP contribution is 2.28. The van der Waals surface area contributed by atoms with Crippen LogP contribution >= 0.6 is 0 Å². The molecule has 0 heterocycles. The van der Waals surface area contributed by atoms with E-state index >= 15 is 0 Å². The fraction of sp³-hybridized carbons (Fsp3) is 0.759. The van der Waals surface area contributed by atoms with Crippen LogP contribution in [0, 0.1) is 6.92 Å². The summed E-state index contributed by atoms with van der Waals surface area (Å²) in [7, 11) is 1.59. The average molecular weight is 447 g/mol. The zero-order chi connectivity index (χ0) is 23.4. The first kappa shape index (κ1) is 28.5. The van der Waals surface area contributed by atoms with Crippen molar-refractivity contribution >= 4 is 5.78 Å². The van der Waals surface area contributed by atoms with Gasteiger partial charge in [0.1, 0.15) is 11.5 Å². The van der Waals surface area contributed by atoms with E-state index in [1.807, 2.05) is 6.92 Å². The molecule has 0 aliphatic carbocycles. The first-order valence-corrected chi connectivity index (χ1v) is 13.5. The summed E-state index contributed by atoms with van der Waals surface area (Å²) in [6.45, 7) is 4.15. The second-order valence-corrected chi connectivity index (χ2v) is 9.52. The van der Waals surface area contributed by atoms with Crippen molar-refractivity contribution in [2.24, 2.45) is 0 Å². The molecule has 0 fully saturated rings. The maximum absolute atomic E-state index is 12.4. The molecule has 0 atom stereocenters. The number of carbonyl (C=O) groups excluding carboxylic acids is 1. The summed E-state index contributed by atoms with van der Waals surface area (Å²) in [5.41, 5.74) is 1.23. The Morgan fingerprint density at radius 3 is 1.53 bits per heavy atom. The first-order chi connectivity index (χ1) is 15.6. The lowest BCUT2D eigenvalue weighted by Crippen LogP contribution is -2.01. The lowest BCUT2D eigenvalue weighted by Gasteiger charge is -2.09. The van der Waals surface area contributed by atoms with E-state index in [9.17, 15) is 9.90 Å². The largest absolute Gasteiger partial charge is 0.507 e. The van der Waals surface area contributed by atoms with Gasteiger partial charge in [-0.2, -0.15) is 0 Å². The van der Waals surface area contributed by atoms with E-state index in [2.05, 4.69) is 6.92 Å². The van der Waals surface area contributed by atoms with Crippen molar-refractivity contribution in [1.29, 1.82) is 0 Å². The van der Waals surface area contributed by atoms with Gasteiger partial charge in [0, 0.05) is 6.42 Å². The van der Waals surface area contributed by atoms with E-state index in [0.29, 0.717) is 17.7 Å². The molecule has 0 amide bonds. The summed E-state index contributed by atoms with van der Waals surface area (Å²) in [6, 6.07) is 3.28. The van der Waals surface area contributed by atoms with E-state index < -0.39 is 0 Å². The molecule has 0 spiro atoms. The van der Waals surface area contributed by atoms with E-state index in [1.54, 1.807) is 19.2 Å². The molecule has 3 heteroatoms. The van der Waals surface area contributed by atoms with Gasteiger partial charge in [-0.3, -0.25) is 4.79 Å². The van der Waals surface area contributed by atoms with Crippen LogP contribution in [0.4, 0.5) is 0 Å². The van der Waals surface area contributed by atoms with Crippen LogP contribution < -0.4 is 4.74 Å². The predicted octanol–water partition coefficient (Wildman–Crippen LogP) is 9.32. The molecule has 0 aliphatic heterocycles. The van der Waals surface area contributed by atoms with Crippen LogP contribution in [0.5, 0.6) is 11.5 Å². The Morgan fingerprint density at radius 1 is 0.719 bits per heavy atom. The molecule has 1 N–H and O–H groups in total. The van der Waals surface area contributed by atoms with Crippen molar-refractivity contribution in [2.75, 3.05) is 7.11 Å². The highest BCUT2D eigenvalue weighted by molar-refractivity contribution is 5.99. The number of aryl methyl sites for hydroxylation is 1. The molecule has 3 nitrogen and oxygen atoms in total. The van der Waals surface area contributed by atoms with E-state index in [-0.39, 0.29) is 11.5 Å². The molecule has 0 bridgehead atoms. The van der Waals surface area contributed by atoms with Gasteiger partial charge in [0.2, 0.25) is 0 Å². The zero-order valence-corrected chi connectivity index (χ0v) is 21.4. The lowest BCUT2D eigenvalue weighted by atomic mass is 10.0. The van der Waals surface area contributed by atoms with Crippen LogP contribution in [0.2, 0.25) is 0 Å². The van der Waals surface area contributed by atoms with Crippen molar-refractivity contribution in [2.45, 2.75) is 136 Å². The quantitative estimate of drug-likeness (QED) is 0.151. The van der Waals surface area contributed by atoms with Crippen molar-refractivity contribution in [3.63, 3.8) is 0 Å². The van der Waals surface area contributed by atoms with Crippen LogP contribution in [0.1, 0.15) is 145 Å². The van der Waals surface area contributed by atoms with Crippen LogP contribution in [0.25, 0.3) is 0 Å². The number of phenolic OH excluding ortho intramolecular Hbond substituents is 1. The summed E-state index contributed by atoms with van der Waals surface area (Å²) >= 11 is 0. The van der Waals surface area contributed by atoms with Crippen LogP contribution in [0.3, 0.4) is 0 Å². The number of hydrogen-bond acceptors (Lipinski definition) is 3. The number of benzene rings is 1. The third-order valence-corrected chi connectivity index (χ3v) is 6.57. The van der Waals surface area contributed by atoms with Gasteiger partial charge in [-0.15, -0.1) is 0 Å². The number of rotatable bonds is 21. The number of unbranched alkanes of at least 4 members (excludes halogenated alkanes) is 17. The lowest BCUT2D eigenvalue weighted by molar-refractivity contribution is 0.0976. The number of Topliss-reactive ketones (excluding diaryl/α,β-unsaturated/α-hetero) is 1. The maximum atomic E-state index is 12.4. The fourth-order valence-corrected chi connectivity index (χ4v) is 4.44. The van der Waals surface area contributed by atoms with E-state index in [0.717, 1.165) is 18.4 Å². The molecule has 32 heavy (non-hydrogen) atoms. The zero-order valence-electron chi connectivity index (χ0n) is 21.4. The molecular formula is C29H50O3. The summed E-state index contributed by atoms with van der Waals surface area (Å²) in [4.78, 5) is 12.4. The minimum atomic E-state index is 0.0114. The molecule has 0 aromatic heterocycles. The fourth-order valence-electron chi connectivity index (χ4n) is 4.44. The van der Waals surface area contributed by atoms with Crippen molar-refractivity contribution in [3.8, 4) is 11.5 Å². The predicted molar refractivity (Wildman–Crippen MR) is 137 cm³/mol. The van der Waals surface area contributed by atoms with Gasteiger partial charge in [0.05, 0.1) is 12.7 Å². The summed E-state index contributed by atoms with van der Waals surface area (Å²) < 4.78 is 5.27. The minimum absolute atomic E-state index is 0.0114. The highest BCUT2D eigenvalue weighted by Gasteiger charge is 2.14. The Kier molecular flexibility index (Phi) is 16.9. The average Bonchev–Trinajstić information content (AvgIpc) is 2.78. The summed E-state index contributed by atoms with van der Waals surface area (Å²) in [6.07, 6.45) is 24.6. The van der Waals surface area contributed by atoms with Gasteiger partial charge in [-0.1, -0.05) is 116 Å². The SMILES string of the molecule is CCCCCCCCCCCCCCCCCCCCC(=O)c1cc(OC)c(C)cc1O. The van der Waals surface area contributed by atoms with Crippen LogP contribution in [-0.4, -0.2) is 18.0 Å². The molecule has 0 saturated heterocycles. The molecule has 0 radical (unpaired) electrons. The van der Waals surface area contributed by atoms with Crippen molar-refractivity contribution < 1.29 is 14.6 Å². The second-order valence-electron chi connectivity index (χ2n) is 9.52. The third kappa shape index (κ3) is 13.1. The van der Waals surface area contributed by atoms with Crippen molar-refractivity contribution in [1.82, 2.24) is 0 Å². The molecular weight excluding hydrogens is 396 g/mol. The molecule has 1 rings (SSSR count). The Labute approximate surface area is 198 Å². The summed E-state index contributed by atoms with van der Waals surface area (Å²) in [5, 5.41) is 10.1. The molecule has 0 unspecified atom stereocenters. The maximum Gasteiger partial charge on any atom is 0.166 e. The van der Waals surface area contributed by atoms with Crippen LogP contribution in [-0.2, 0) is 0 Å². The Hall–Kier alpha value is -1.51. The number of ketones is 1. The standard InChI is InChI=1S/C29H50O3/c1-4-5-6-7-8-9-10-11-12-13-14-15-16-17-18-19-20-21-22-27(30)26-24-29(32-3)25(2)23-28(26)31/h23-24,31H,4-22H2,1-3H3. The minimum Gasteiger partial charge on any atom is -0.507 e. The third-order valence-electron chi connectivity index (χ3n) is 6.57. The normalized spacial score (nSPS) is 11.1. The van der Waals surface area contributed by atoms with E-state index in [1.165, 1.54) is 103 Å². The van der Waals surface area contributed by atoms with Gasteiger partial charge in [0.25, 0.3) is 0 Å². The van der Waals surface area contributed by atoms with Gasteiger partial charge in [0.15, 0.2) is 5.78 Å². The Balaban J connectivity index is 1.91. The molecule has 0 saturated carbocycles. The Bertz CT molecular complexity index is 609. The Morgan fingerprint density at radius 2 is 1.12 bits per heavy atom. The molecule has 1 aromatic rings. The molecule has 1 aromatic carbocycles. The number of hydrogen-bond donors (Lipinski definition) is 1. The summed E-state index contributed by atoms with van der Waals surface area (Å²) in [5.74, 6) is 0.733. The van der Waals surface area contributed by atoms with Gasteiger partial charge in [-0.05, 0) is 31.0 Å². The molecule has 0 aliphatic rings. The number of carbonyl (C=O) groups is 1. The first-order valence-electron chi connectivity index (χ1n) is 13.5. The number of ether oxygens (including phenoxy) is 1. The number of aromatic hydroxyl groups is 1. The molecule has 184 valence electrons. The monoisotopic (exact) mass is 446 g/mol. The smallest absolute Gasteiger partial charge is 0.166 e. The number of phenols is 1. The van der Waals surface area contributed by atoms with Gasteiger partial charge in [-0.25, -0.2) is 0 Å². The van der Waals surface area contributed by atoms with E-state index in [4.69, 9.17) is 4.74 Å². The van der Waals surface area contributed by atoms with Gasteiger partial charge >= 0.3 is 0 Å². The van der Waals surface area contributed by atoms with Gasteiger partial charge < -0.3 is 9.84 Å².